The topological polar surface area (TPSA) is 85.1 Å². The molecular formula is C14H18FN3O3S. The average molecular weight is 327 g/mol. The Hall–Kier alpha value is -1.80. The van der Waals surface area contributed by atoms with Crippen molar-refractivity contribution in [2.45, 2.75) is 37.8 Å². The van der Waals surface area contributed by atoms with Gasteiger partial charge in [-0.05, 0) is 24.6 Å². The minimum Gasteiger partial charge on any atom is -0.339 e. The number of halogens is 1. The van der Waals surface area contributed by atoms with Gasteiger partial charge in [-0.2, -0.15) is 4.98 Å². The van der Waals surface area contributed by atoms with Crippen molar-refractivity contribution < 1.29 is 17.3 Å². The van der Waals surface area contributed by atoms with Crippen LogP contribution in [0.5, 0.6) is 0 Å². The summed E-state index contributed by atoms with van der Waals surface area (Å²) < 4.78 is 41.7. The lowest BCUT2D eigenvalue weighted by Gasteiger charge is -2.13. The van der Waals surface area contributed by atoms with Crippen LogP contribution in [-0.2, 0) is 22.8 Å². The molecule has 0 aliphatic heterocycles. The van der Waals surface area contributed by atoms with Gasteiger partial charge in [0.1, 0.15) is 10.7 Å². The summed E-state index contributed by atoms with van der Waals surface area (Å²) in [6, 6.07) is 3.90. The quantitative estimate of drug-likeness (QED) is 0.874. The molecule has 8 heteroatoms. The zero-order valence-electron chi connectivity index (χ0n) is 12.6. The number of rotatable bonds is 6. The van der Waals surface area contributed by atoms with Crippen LogP contribution >= 0.6 is 0 Å². The molecule has 22 heavy (non-hydrogen) atoms. The Bertz CT molecular complexity index is 758. The molecule has 0 saturated carbocycles. The Balaban J connectivity index is 2.06. The second-order valence-corrected chi connectivity index (χ2v) is 7.01. The van der Waals surface area contributed by atoms with Gasteiger partial charge < -0.3 is 9.84 Å². The molecule has 0 aliphatic carbocycles. The standard InChI is InChI=1S/C14H18FN3O3S/c1-4-14-17-13(18-21-14)8-16-9(2)10-5-6-12(11(15)7-10)22(3,19)20/h5-7,9,16H,4,8H2,1-3H3/t9-/m0/s1. The summed E-state index contributed by atoms with van der Waals surface area (Å²) in [6.45, 7) is 4.13. The lowest BCUT2D eigenvalue weighted by atomic mass is 10.1. The minimum absolute atomic E-state index is 0.188. The van der Waals surface area contributed by atoms with Crippen molar-refractivity contribution >= 4 is 9.84 Å². The number of aryl methyl sites for hydroxylation is 1. The van der Waals surface area contributed by atoms with Gasteiger partial charge in [0, 0.05) is 18.7 Å². The summed E-state index contributed by atoms with van der Waals surface area (Å²) in [6.07, 6.45) is 1.65. The highest BCUT2D eigenvalue weighted by Gasteiger charge is 2.16. The third kappa shape index (κ3) is 3.89. The fourth-order valence-electron chi connectivity index (χ4n) is 1.95. The molecule has 0 spiro atoms. The number of hydrogen-bond acceptors (Lipinski definition) is 6. The summed E-state index contributed by atoms with van der Waals surface area (Å²) in [5.41, 5.74) is 0.643. The molecule has 1 heterocycles. The number of hydrogen-bond donors (Lipinski definition) is 1. The summed E-state index contributed by atoms with van der Waals surface area (Å²) in [5, 5.41) is 6.95. The summed E-state index contributed by atoms with van der Waals surface area (Å²) in [5.74, 6) is 0.339. The summed E-state index contributed by atoms with van der Waals surface area (Å²) in [4.78, 5) is 3.87. The van der Waals surface area contributed by atoms with E-state index in [2.05, 4.69) is 15.5 Å². The maximum absolute atomic E-state index is 13.9. The molecule has 0 fully saturated rings. The molecule has 0 unspecified atom stereocenters. The van der Waals surface area contributed by atoms with Gasteiger partial charge in [0.05, 0.1) is 6.54 Å². The van der Waals surface area contributed by atoms with E-state index < -0.39 is 15.7 Å². The molecule has 1 aromatic heterocycles. The van der Waals surface area contributed by atoms with Crippen LogP contribution in [-0.4, -0.2) is 24.8 Å². The van der Waals surface area contributed by atoms with E-state index in [0.29, 0.717) is 30.2 Å². The first kappa shape index (κ1) is 16.6. The molecule has 0 amide bonds. The summed E-state index contributed by atoms with van der Waals surface area (Å²) >= 11 is 0. The minimum atomic E-state index is -3.56. The Labute approximate surface area is 128 Å². The van der Waals surface area contributed by atoms with E-state index in [1.54, 1.807) is 6.07 Å². The van der Waals surface area contributed by atoms with Gasteiger partial charge >= 0.3 is 0 Å². The van der Waals surface area contributed by atoms with Gasteiger partial charge in [-0.1, -0.05) is 18.1 Å². The molecule has 1 N–H and O–H groups in total. The number of aromatic nitrogens is 2. The number of nitrogens with one attached hydrogen (secondary N) is 1. The zero-order chi connectivity index (χ0) is 16.3. The van der Waals surface area contributed by atoms with E-state index in [-0.39, 0.29) is 10.9 Å². The second-order valence-electron chi connectivity index (χ2n) is 5.02. The molecule has 1 atom stereocenters. The van der Waals surface area contributed by atoms with Crippen LogP contribution in [0.1, 0.15) is 37.2 Å². The van der Waals surface area contributed by atoms with Crippen LogP contribution in [0.25, 0.3) is 0 Å². The maximum Gasteiger partial charge on any atom is 0.226 e. The predicted octanol–water partition coefficient (Wildman–Crippen LogP) is 2.03. The van der Waals surface area contributed by atoms with Crippen molar-refractivity contribution in [3.05, 3.63) is 41.3 Å². The highest BCUT2D eigenvalue weighted by atomic mass is 32.2. The number of benzene rings is 1. The average Bonchev–Trinajstić information content (AvgIpc) is 2.91. The van der Waals surface area contributed by atoms with Gasteiger partial charge in [0.15, 0.2) is 15.7 Å². The Morgan fingerprint density at radius 2 is 2.14 bits per heavy atom. The van der Waals surface area contributed by atoms with Gasteiger partial charge in [0.25, 0.3) is 0 Å². The van der Waals surface area contributed by atoms with Crippen molar-refractivity contribution in [3.63, 3.8) is 0 Å². The lowest BCUT2D eigenvalue weighted by molar-refractivity contribution is 0.374. The molecule has 2 rings (SSSR count). The van der Waals surface area contributed by atoms with Gasteiger partial charge in [-0.15, -0.1) is 0 Å². The monoisotopic (exact) mass is 327 g/mol. The van der Waals surface area contributed by atoms with Crippen LogP contribution < -0.4 is 5.32 Å². The highest BCUT2D eigenvalue weighted by molar-refractivity contribution is 7.90. The van der Waals surface area contributed by atoms with Gasteiger partial charge in [-0.3, -0.25) is 0 Å². The molecule has 0 radical (unpaired) electrons. The van der Waals surface area contributed by atoms with Crippen LogP contribution in [0.4, 0.5) is 4.39 Å². The molecule has 0 aliphatic rings. The normalized spacial score (nSPS) is 13.3. The van der Waals surface area contributed by atoms with Gasteiger partial charge in [0.2, 0.25) is 5.89 Å². The Morgan fingerprint density at radius 1 is 1.41 bits per heavy atom. The van der Waals surface area contributed by atoms with E-state index in [9.17, 15) is 12.8 Å². The van der Waals surface area contributed by atoms with E-state index in [0.717, 1.165) is 6.26 Å². The number of nitrogens with zero attached hydrogens (tertiary/aromatic N) is 2. The highest BCUT2D eigenvalue weighted by Crippen LogP contribution is 2.20. The first-order chi connectivity index (χ1) is 10.3. The Kier molecular flexibility index (Phi) is 4.92. The first-order valence-corrected chi connectivity index (χ1v) is 8.74. The van der Waals surface area contributed by atoms with E-state index in [1.807, 2.05) is 13.8 Å². The van der Waals surface area contributed by atoms with Crippen molar-refractivity contribution in [1.29, 1.82) is 0 Å². The van der Waals surface area contributed by atoms with Gasteiger partial charge in [-0.25, -0.2) is 12.8 Å². The van der Waals surface area contributed by atoms with Crippen LogP contribution in [0.3, 0.4) is 0 Å². The molecule has 0 bridgehead atoms. The number of sulfone groups is 1. The second kappa shape index (κ2) is 6.53. The van der Waals surface area contributed by atoms with Crippen molar-refractivity contribution in [2.75, 3.05) is 6.26 Å². The fourth-order valence-corrected chi connectivity index (χ4v) is 2.68. The third-order valence-electron chi connectivity index (χ3n) is 3.23. The SMILES string of the molecule is CCc1nc(CN[C@@H](C)c2ccc(S(C)(=O)=O)c(F)c2)no1. The van der Waals surface area contributed by atoms with Crippen molar-refractivity contribution in [3.8, 4) is 0 Å². The summed E-state index contributed by atoms with van der Waals surface area (Å²) in [7, 11) is -3.56. The molecule has 6 nitrogen and oxygen atoms in total. The van der Waals surface area contributed by atoms with Crippen LogP contribution in [0.2, 0.25) is 0 Å². The van der Waals surface area contributed by atoms with Crippen molar-refractivity contribution in [1.82, 2.24) is 15.5 Å². The first-order valence-electron chi connectivity index (χ1n) is 6.85. The predicted molar refractivity (Wildman–Crippen MR) is 78.4 cm³/mol. The molecule has 0 saturated heterocycles. The zero-order valence-corrected chi connectivity index (χ0v) is 13.4. The smallest absolute Gasteiger partial charge is 0.226 e. The van der Waals surface area contributed by atoms with Crippen LogP contribution in [0.15, 0.2) is 27.6 Å². The molecule has 120 valence electrons. The lowest BCUT2D eigenvalue weighted by Crippen LogP contribution is -2.19. The van der Waals surface area contributed by atoms with Crippen molar-refractivity contribution in [2.24, 2.45) is 0 Å². The van der Waals surface area contributed by atoms with E-state index in [4.69, 9.17) is 4.52 Å². The Morgan fingerprint density at radius 3 is 2.68 bits per heavy atom. The van der Waals surface area contributed by atoms with E-state index in [1.165, 1.54) is 12.1 Å². The largest absolute Gasteiger partial charge is 0.339 e. The van der Waals surface area contributed by atoms with Crippen LogP contribution in [0, 0.1) is 5.82 Å². The molecule has 1 aromatic carbocycles. The fraction of sp³-hybridized carbons (Fsp3) is 0.429. The molecular weight excluding hydrogens is 309 g/mol. The molecule has 2 aromatic rings. The third-order valence-corrected chi connectivity index (χ3v) is 4.36. The maximum atomic E-state index is 13.9. The van der Waals surface area contributed by atoms with E-state index >= 15 is 0 Å².